The first kappa shape index (κ1) is 17.7. The lowest BCUT2D eigenvalue weighted by Crippen LogP contribution is -2.40. The predicted octanol–water partition coefficient (Wildman–Crippen LogP) is 4.64. The smallest absolute Gasteiger partial charge is 0.319 e. The quantitative estimate of drug-likeness (QED) is 0.773. The fourth-order valence-electron chi connectivity index (χ4n) is 2.70. The maximum Gasteiger partial charge on any atom is 0.319 e. The van der Waals surface area contributed by atoms with Crippen LogP contribution in [0.5, 0.6) is 0 Å². The second kappa shape index (κ2) is 8.83. The van der Waals surface area contributed by atoms with Crippen molar-refractivity contribution in [2.75, 3.05) is 11.1 Å². The number of carbonyl (C=O) groups excluding carboxylic acids is 1. The maximum atomic E-state index is 12.2. The van der Waals surface area contributed by atoms with Crippen molar-refractivity contribution in [1.29, 1.82) is 5.26 Å². The minimum Gasteiger partial charge on any atom is -0.335 e. The summed E-state index contributed by atoms with van der Waals surface area (Å²) in [7, 11) is 0. The number of urea groups is 1. The summed E-state index contributed by atoms with van der Waals surface area (Å²) in [6.45, 7) is 4.17. The van der Waals surface area contributed by atoms with Crippen LogP contribution >= 0.6 is 11.8 Å². The molecule has 1 saturated carbocycles. The van der Waals surface area contributed by atoms with Crippen molar-refractivity contribution in [3.05, 3.63) is 24.3 Å². The van der Waals surface area contributed by atoms with Crippen molar-refractivity contribution in [3.63, 3.8) is 0 Å². The molecule has 0 bridgehead atoms. The molecule has 0 aliphatic heterocycles. The summed E-state index contributed by atoms with van der Waals surface area (Å²) < 4.78 is 0. The number of anilines is 1. The summed E-state index contributed by atoms with van der Waals surface area (Å²) in [5.74, 6) is 1.48. The van der Waals surface area contributed by atoms with E-state index in [4.69, 9.17) is 5.26 Å². The Morgan fingerprint density at radius 2 is 2.04 bits per heavy atom. The van der Waals surface area contributed by atoms with Gasteiger partial charge < -0.3 is 10.6 Å². The molecule has 124 valence electrons. The highest BCUT2D eigenvalue weighted by molar-refractivity contribution is 7.99. The van der Waals surface area contributed by atoms with Gasteiger partial charge in [-0.3, -0.25) is 0 Å². The Morgan fingerprint density at radius 3 is 2.74 bits per heavy atom. The average molecular weight is 331 g/mol. The van der Waals surface area contributed by atoms with Crippen LogP contribution in [0, 0.1) is 23.2 Å². The van der Waals surface area contributed by atoms with Gasteiger partial charge in [0, 0.05) is 16.7 Å². The van der Waals surface area contributed by atoms with Gasteiger partial charge >= 0.3 is 6.03 Å². The van der Waals surface area contributed by atoms with Crippen molar-refractivity contribution in [3.8, 4) is 6.07 Å². The Bertz CT molecular complexity index is 562. The van der Waals surface area contributed by atoms with Crippen LogP contribution in [0.2, 0.25) is 0 Å². The second-order valence-electron chi connectivity index (χ2n) is 6.39. The van der Waals surface area contributed by atoms with Gasteiger partial charge in [0.05, 0.1) is 17.7 Å². The Labute approximate surface area is 143 Å². The minimum absolute atomic E-state index is 0.00823. The first-order chi connectivity index (χ1) is 11.1. The molecule has 1 atom stereocenters. The van der Waals surface area contributed by atoms with E-state index in [0.717, 1.165) is 35.1 Å². The van der Waals surface area contributed by atoms with E-state index < -0.39 is 0 Å². The van der Waals surface area contributed by atoms with Gasteiger partial charge in [-0.1, -0.05) is 19.1 Å². The number of rotatable bonds is 5. The third kappa shape index (κ3) is 5.80. The zero-order valence-corrected chi connectivity index (χ0v) is 14.7. The lowest BCUT2D eigenvalue weighted by Gasteiger charge is -2.27. The highest BCUT2D eigenvalue weighted by Crippen LogP contribution is 2.28. The van der Waals surface area contributed by atoms with Gasteiger partial charge in [-0.25, -0.2) is 4.79 Å². The molecule has 1 aromatic rings. The van der Waals surface area contributed by atoms with E-state index in [2.05, 4.69) is 23.6 Å². The minimum atomic E-state index is -0.133. The standard InChI is InChI=1S/C18H25N3OS/c1-13-7-9-15(10-8-13)20-18(22)21-16-5-3-4-6-17(16)23-12-14(2)11-19/h3-6,13-15H,7-10,12H2,1-2H3,(H2,20,21,22). The summed E-state index contributed by atoms with van der Waals surface area (Å²) in [5, 5.41) is 14.9. The summed E-state index contributed by atoms with van der Waals surface area (Å²) in [4.78, 5) is 13.2. The molecule has 1 aliphatic carbocycles. The average Bonchev–Trinajstić information content (AvgIpc) is 2.55. The number of carbonyl (C=O) groups is 1. The van der Waals surface area contributed by atoms with E-state index in [9.17, 15) is 4.79 Å². The van der Waals surface area contributed by atoms with Crippen molar-refractivity contribution in [2.24, 2.45) is 11.8 Å². The molecule has 0 aromatic heterocycles. The zero-order chi connectivity index (χ0) is 16.7. The first-order valence-electron chi connectivity index (χ1n) is 8.27. The molecule has 4 nitrogen and oxygen atoms in total. The maximum absolute atomic E-state index is 12.2. The molecule has 1 aromatic carbocycles. The van der Waals surface area contributed by atoms with Crippen LogP contribution in [0.4, 0.5) is 10.5 Å². The monoisotopic (exact) mass is 331 g/mol. The number of nitriles is 1. The number of hydrogen-bond acceptors (Lipinski definition) is 3. The molecule has 2 rings (SSSR count). The van der Waals surface area contributed by atoms with Crippen LogP contribution in [0.25, 0.3) is 0 Å². The number of para-hydroxylation sites is 1. The van der Waals surface area contributed by atoms with Crippen LogP contribution in [0.3, 0.4) is 0 Å². The van der Waals surface area contributed by atoms with Gasteiger partial charge in [-0.15, -0.1) is 11.8 Å². The molecule has 1 fully saturated rings. The number of nitrogens with zero attached hydrogens (tertiary/aromatic N) is 1. The van der Waals surface area contributed by atoms with Gasteiger partial charge in [-0.05, 0) is 50.7 Å². The zero-order valence-electron chi connectivity index (χ0n) is 13.8. The fraction of sp³-hybridized carbons (Fsp3) is 0.556. The third-order valence-corrected chi connectivity index (χ3v) is 5.53. The number of nitrogens with one attached hydrogen (secondary N) is 2. The van der Waals surface area contributed by atoms with Crippen LogP contribution < -0.4 is 10.6 Å². The summed E-state index contributed by atoms with van der Waals surface area (Å²) in [5.41, 5.74) is 0.810. The predicted molar refractivity (Wildman–Crippen MR) is 95.5 cm³/mol. The Balaban J connectivity index is 1.89. The summed E-state index contributed by atoms with van der Waals surface area (Å²) in [6, 6.07) is 10.1. The SMILES string of the molecule is CC(C#N)CSc1ccccc1NC(=O)NC1CCC(C)CC1. The molecule has 1 unspecified atom stereocenters. The van der Waals surface area contributed by atoms with Crippen LogP contribution in [-0.4, -0.2) is 17.8 Å². The molecular formula is C18H25N3OS. The van der Waals surface area contributed by atoms with E-state index in [1.807, 2.05) is 31.2 Å². The molecule has 1 aliphatic rings. The number of amides is 2. The second-order valence-corrected chi connectivity index (χ2v) is 7.45. The molecule has 0 spiro atoms. The van der Waals surface area contributed by atoms with Gasteiger partial charge in [-0.2, -0.15) is 5.26 Å². The molecule has 0 heterocycles. The van der Waals surface area contributed by atoms with Crippen LogP contribution in [0.15, 0.2) is 29.2 Å². The molecule has 2 N–H and O–H groups in total. The van der Waals surface area contributed by atoms with Crippen molar-refractivity contribution in [2.45, 2.75) is 50.5 Å². The van der Waals surface area contributed by atoms with Gasteiger partial charge in [0.2, 0.25) is 0 Å². The van der Waals surface area contributed by atoms with E-state index in [0.29, 0.717) is 0 Å². The van der Waals surface area contributed by atoms with E-state index in [-0.39, 0.29) is 18.0 Å². The van der Waals surface area contributed by atoms with Gasteiger partial charge in [0.1, 0.15) is 0 Å². The summed E-state index contributed by atoms with van der Waals surface area (Å²) in [6.07, 6.45) is 4.49. The van der Waals surface area contributed by atoms with Crippen LogP contribution in [-0.2, 0) is 0 Å². The Hall–Kier alpha value is -1.67. The fourth-order valence-corrected chi connectivity index (χ4v) is 3.65. The van der Waals surface area contributed by atoms with E-state index in [1.54, 1.807) is 11.8 Å². The van der Waals surface area contributed by atoms with Crippen molar-refractivity contribution in [1.82, 2.24) is 5.32 Å². The molecule has 5 heteroatoms. The normalized spacial score (nSPS) is 22.0. The van der Waals surface area contributed by atoms with Crippen molar-refractivity contribution < 1.29 is 4.79 Å². The number of thioether (sulfide) groups is 1. The molecule has 0 radical (unpaired) electrons. The highest BCUT2D eigenvalue weighted by Gasteiger charge is 2.20. The topological polar surface area (TPSA) is 64.9 Å². The summed E-state index contributed by atoms with van der Waals surface area (Å²) >= 11 is 1.60. The van der Waals surface area contributed by atoms with Gasteiger partial charge in [0.15, 0.2) is 0 Å². The van der Waals surface area contributed by atoms with Crippen LogP contribution in [0.1, 0.15) is 39.5 Å². The van der Waals surface area contributed by atoms with E-state index >= 15 is 0 Å². The Morgan fingerprint density at radius 1 is 1.35 bits per heavy atom. The van der Waals surface area contributed by atoms with Gasteiger partial charge in [0.25, 0.3) is 0 Å². The van der Waals surface area contributed by atoms with E-state index in [1.165, 1.54) is 12.8 Å². The third-order valence-electron chi connectivity index (χ3n) is 4.20. The molecular weight excluding hydrogens is 306 g/mol. The largest absolute Gasteiger partial charge is 0.335 e. The highest BCUT2D eigenvalue weighted by atomic mass is 32.2. The molecule has 0 saturated heterocycles. The number of hydrogen-bond donors (Lipinski definition) is 2. The van der Waals surface area contributed by atoms with Crippen molar-refractivity contribution >= 4 is 23.5 Å². The number of benzene rings is 1. The Kier molecular flexibility index (Phi) is 6.79. The lowest BCUT2D eigenvalue weighted by atomic mass is 9.87. The first-order valence-corrected chi connectivity index (χ1v) is 9.26. The molecule has 2 amide bonds. The lowest BCUT2D eigenvalue weighted by molar-refractivity contribution is 0.239. The molecule has 23 heavy (non-hydrogen) atoms.